The summed E-state index contributed by atoms with van der Waals surface area (Å²) >= 11 is 0. The maximum absolute atomic E-state index is 10.2. The van der Waals surface area contributed by atoms with Crippen LogP contribution in [0.4, 0.5) is 0 Å². The fraction of sp³-hybridized carbons (Fsp3) is 0.667. The molecule has 0 bridgehead atoms. The van der Waals surface area contributed by atoms with Crippen LogP contribution in [0, 0.1) is 0 Å². The van der Waals surface area contributed by atoms with Crippen LogP contribution < -0.4 is 0 Å². The van der Waals surface area contributed by atoms with E-state index >= 15 is 0 Å². The van der Waals surface area contributed by atoms with E-state index in [1.54, 1.807) is 7.11 Å². The molecule has 0 radical (unpaired) electrons. The molecule has 1 aromatic rings. The van der Waals surface area contributed by atoms with Gasteiger partial charge in [0.25, 0.3) is 0 Å². The molecule has 84 valence electrons. The summed E-state index contributed by atoms with van der Waals surface area (Å²) in [4.78, 5) is 14.3. The second-order valence-corrected chi connectivity index (χ2v) is 3.14. The highest BCUT2D eigenvalue weighted by atomic mass is 16.5. The number of unbranched alkanes of at least 4 members (excludes halogenated alkanes) is 1. The summed E-state index contributed by atoms with van der Waals surface area (Å²) in [5.41, 5.74) is 0. The standard InChI is InChI=1S/C9H14N2O4/c1-14-6-7-10-8(15-11-7)4-2-3-5-9(12)13/h2-6H2,1H3,(H,12,13). The second kappa shape index (κ2) is 6.13. The molecule has 15 heavy (non-hydrogen) atoms. The third-order valence-electron chi connectivity index (χ3n) is 1.81. The molecule has 0 aliphatic carbocycles. The molecule has 6 heteroatoms. The number of carbonyl (C=O) groups is 1. The molecule has 1 rings (SSSR count). The number of methoxy groups -OCH3 is 1. The lowest BCUT2D eigenvalue weighted by atomic mass is 10.2. The van der Waals surface area contributed by atoms with E-state index in [0.29, 0.717) is 31.2 Å². The van der Waals surface area contributed by atoms with Crippen molar-refractivity contribution in [3.63, 3.8) is 0 Å². The van der Waals surface area contributed by atoms with Crippen LogP contribution in [0.3, 0.4) is 0 Å². The summed E-state index contributed by atoms with van der Waals surface area (Å²) in [7, 11) is 1.56. The molecule has 0 saturated heterocycles. The first-order chi connectivity index (χ1) is 7.22. The second-order valence-electron chi connectivity index (χ2n) is 3.14. The van der Waals surface area contributed by atoms with Gasteiger partial charge in [-0.05, 0) is 12.8 Å². The lowest BCUT2D eigenvalue weighted by molar-refractivity contribution is -0.137. The van der Waals surface area contributed by atoms with Gasteiger partial charge in [-0.3, -0.25) is 4.79 Å². The van der Waals surface area contributed by atoms with E-state index in [1.165, 1.54) is 0 Å². The largest absolute Gasteiger partial charge is 0.481 e. The van der Waals surface area contributed by atoms with E-state index in [9.17, 15) is 4.79 Å². The number of carboxylic acid groups (broad SMARTS) is 1. The first-order valence-electron chi connectivity index (χ1n) is 4.74. The first kappa shape index (κ1) is 11.6. The first-order valence-corrected chi connectivity index (χ1v) is 4.74. The molecule has 1 heterocycles. The van der Waals surface area contributed by atoms with E-state index in [2.05, 4.69) is 10.1 Å². The predicted molar refractivity (Wildman–Crippen MR) is 50.2 cm³/mol. The highest BCUT2D eigenvalue weighted by molar-refractivity contribution is 5.66. The normalized spacial score (nSPS) is 10.5. The van der Waals surface area contributed by atoms with Gasteiger partial charge < -0.3 is 14.4 Å². The van der Waals surface area contributed by atoms with Gasteiger partial charge in [-0.15, -0.1) is 0 Å². The Balaban J connectivity index is 2.22. The molecular weight excluding hydrogens is 200 g/mol. The maximum Gasteiger partial charge on any atom is 0.303 e. The Bertz CT molecular complexity index is 311. The molecule has 0 fully saturated rings. The minimum absolute atomic E-state index is 0.180. The number of ether oxygens (including phenoxy) is 1. The Morgan fingerprint density at radius 3 is 3.00 bits per heavy atom. The molecule has 0 spiro atoms. The van der Waals surface area contributed by atoms with Gasteiger partial charge in [0.2, 0.25) is 5.89 Å². The van der Waals surface area contributed by atoms with Gasteiger partial charge in [-0.2, -0.15) is 4.98 Å². The lowest BCUT2D eigenvalue weighted by Gasteiger charge is -1.93. The van der Waals surface area contributed by atoms with Crippen molar-refractivity contribution >= 4 is 5.97 Å². The monoisotopic (exact) mass is 214 g/mol. The minimum Gasteiger partial charge on any atom is -0.481 e. The molecule has 0 aromatic carbocycles. The van der Waals surface area contributed by atoms with E-state index in [1.807, 2.05) is 0 Å². The number of aromatic nitrogens is 2. The number of aryl methyl sites for hydroxylation is 1. The zero-order valence-electron chi connectivity index (χ0n) is 8.60. The summed E-state index contributed by atoms with van der Waals surface area (Å²) in [5, 5.41) is 12.1. The number of carboxylic acids is 1. The molecule has 0 aliphatic rings. The fourth-order valence-electron chi connectivity index (χ4n) is 1.13. The van der Waals surface area contributed by atoms with Crippen molar-refractivity contribution in [3.05, 3.63) is 11.7 Å². The van der Waals surface area contributed by atoms with Crippen LogP contribution >= 0.6 is 0 Å². The van der Waals surface area contributed by atoms with Crippen molar-refractivity contribution in [2.24, 2.45) is 0 Å². The molecule has 0 unspecified atom stereocenters. The van der Waals surface area contributed by atoms with Crippen molar-refractivity contribution in [1.29, 1.82) is 0 Å². The molecule has 0 amide bonds. The van der Waals surface area contributed by atoms with E-state index < -0.39 is 5.97 Å². The van der Waals surface area contributed by atoms with Crippen LogP contribution in [0.15, 0.2) is 4.52 Å². The van der Waals surface area contributed by atoms with E-state index in [0.717, 1.165) is 6.42 Å². The molecule has 0 saturated carbocycles. The minimum atomic E-state index is -0.777. The number of hydrogen-bond donors (Lipinski definition) is 1. The predicted octanol–water partition coefficient (Wildman–Crippen LogP) is 1.01. The van der Waals surface area contributed by atoms with Gasteiger partial charge in [-0.25, -0.2) is 0 Å². The van der Waals surface area contributed by atoms with Gasteiger partial charge in [0.05, 0.1) is 0 Å². The van der Waals surface area contributed by atoms with Crippen LogP contribution in [-0.4, -0.2) is 28.3 Å². The molecular formula is C9H14N2O4. The average Bonchev–Trinajstić information content (AvgIpc) is 2.61. The van der Waals surface area contributed by atoms with Gasteiger partial charge in [0, 0.05) is 20.0 Å². The number of nitrogens with zero attached hydrogens (tertiary/aromatic N) is 2. The zero-order valence-corrected chi connectivity index (χ0v) is 8.60. The molecule has 1 N–H and O–H groups in total. The van der Waals surface area contributed by atoms with Crippen LogP contribution in [0.1, 0.15) is 31.0 Å². The summed E-state index contributed by atoms with van der Waals surface area (Å²) in [5.74, 6) is 0.277. The van der Waals surface area contributed by atoms with Gasteiger partial charge in [0.1, 0.15) is 6.61 Å². The van der Waals surface area contributed by atoms with Crippen LogP contribution in [-0.2, 0) is 22.6 Å². The number of rotatable bonds is 7. The van der Waals surface area contributed by atoms with Crippen molar-refractivity contribution in [3.8, 4) is 0 Å². The number of aliphatic carboxylic acids is 1. The van der Waals surface area contributed by atoms with Crippen molar-refractivity contribution in [2.45, 2.75) is 32.3 Å². The lowest BCUT2D eigenvalue weighted by Crippen LogP contribution is -1.95. The van der Waals surface area contributed by atoms with Gasteiger partial charge >= 0.3 is 5.97 Å². The Labute approximate surface area is 87.2 Å². The van der Waals surface area contributed by atoms with Crippen LogP contribution in [0.2, 0.25) is 0 Å². The Kier molecular flexibility index (Phi) is 4.76. The van der Waals surface area contributed by atoms with Gasteiger partial charge in [0.15, 0.2) is 5.82 Å². The summed E-state index contributed by atoms with van der Waals surface area (Å²) < 4.78 is 9.77. The van der Waals surface area contributed by atoms with Gasteiger partial charge in [-0.1, -0.05) is 5.16 Å². The highest BCUT2D eigenvalue weighted by Crippen LogP contribution is 2.05. The molecule has 6 nitrogen and oxygen atoms in total. The Morgan fingerprint density at radius 1 is 1.53 bits per heavy atom. The Morgan fingerprint density at radius 2 is 2.33 bits per heavy atom. The van der Waals surface area contributed by atoms with Crippen LogP contribution in [0.5, 0.6) is 0 Å². The third-order valence-corrected chi connectivity index (χ3v) is 1.81. The molecule has 0 aliphatic heterocycles. The van der Waals surface area contributed by atoms with Crippen molar-refractivity contribution < 1.29 is 19.2 Å². The SMILES string of the molecule is COCc1noc(CCCCC(=O)O)n1. The molecule has 0 atom stereocenters. The average molecular weight is 214 g/mol. The van der Waals surface area contributed by atoms with Crippen LogP contribution in [0.25, 0.3) is 0 Å². The number of hydrogen-bond acceptors (Lipinski definition) is 5. The van der Waals surface area contributed by atoms with E-state index in [-0.39, 0.29) is 6.42 Å². The topological polar surface area (TPSA) is 85.5 Å². The van der Waals surface area contributed by atoms with E-state index in [4.69, 9.17) is 14.4 Å². The van der Waals surface area contributed by atoms with Crippen molar-refractivity contribution in [2.75, 3.05) is 7.11 Å². The zero-order chi connectivity index (χ0) is 11.1. The maximum atomic E-state index is 10.2. The smallest absolute Gasteiger partial charge is 0.303 e. The highest BCUT2D eigenvalue weighted by Gasteiger charge is 2.05. The summed E-state index contributed by atoms with van der Waals surface area (Å²) in [6.45, 7) is 0.332. The van der Waals surface area contributed by atoms with Crippen molar-refractivity contribution in [1.82, 2.24) is 10.1 Å². The molecule has 1 aromatic heterocycles. The quantitative estimate of drug-likeness (QED) is 0.682. The fourth-order valence-corrected chi connectivity index (χ4v) is 1.13. The Hall–Kier alpha value is -1.43. The summed E-state index contributed by atoms with van der Waals surface area (Å²) in [6, 6.07) is 0. The summed E-state index contributed by atoms with van der Waals surface area (Å²) in [6.07, 6.45) is 2.15. The third kappa shape index (κ3) is 4.55.